The van der Waals surface area contributed by atoms with E-state index in [1.54, 1.807) is 0 Å². The molecule has 5 nitrogen and oxygen atoms in total. The van der Waals surface area contributed by atoms with Crippen LogP contribution in [0.25, 0.3) is 0 Å². The first-order chi connectivity index (χ1) is 18.0. The molecule has 1 aromatic carbocycles. The maximum atomic E-state index is 13.2. The molecule has 1 heterocycles. The first-order valence-electron chi connectivity index (χ1n) is 14.9. The van der Waals surface area contributed by atoms with Crippen molar-refractivity contribution in [1.29, 1.82) is 0 Å². The van der Waals surface area contributed by atoms with Crippen LogP contribution in [-0.4, -0.2) is 31.3 Å². The van der Waals surface area contributed by atoms with E-state index in [1.165, 1.54) is 58.0 Å². The summed E-state index contributed by atoms with van der Waals surface area (Å²) in [7, 11) is 0. The third-order valence-electron chi connectivity index (χ3n) is 7.92. The SMILES string of the molecule is CCCCCCCCOCCCCCCCCC(=O)C1(C)CCc2c(C)c(OP(C)(=O)Cl)c(C)c(C)c2O1. The van der Waals surface area contributed by atoms with Gasteiger partial charge in [0.25, 0.3) is 0 Å². The van der Waals surface area contributed by atoms with Gasteiger partial charge in [-0.3, -0.25) is 9.36 Å². The second-order valence-corrected chi connectivity index (χ2v) is 14.9. The molecule has 1 aliphatic rings. The summed E-state index contributed by atoms with van der Waals surface area (Å²) in [4.78, 5) is 13.2. The number of ether oxygens (including phenoxy) is 2. The molecule has 0 fully saturated rings. The Bertz CT molecular complexity index is 941. The van der Waals surface area contributed by atoms with Crippen LogP contribution in [0.3, 0.4) is 0 Å². The zero-order valence-electron chi connectivity index (χ0n) is 24.9. The van der Waals surface area contributed by atoms with Crippen molar-refractivity contribution in [2.75, 3.05) is 19.9 Å². The van der Waals surface area contributed by atoms with E-state index in [2.05, 4.69) is 6.92 Å². The molecule has 0 aromatic heterocycles. The zero-order chi connectivity index (χ0) is 28.2. The standard InChI is InChI=1S/C31H52ClO5P/c1-7-8-9-10-14-17-22-35-23-18-15-12-11-13-16-19-28(33)31(5)21-20-27-26(4)29(37-38(6,32)34)24(2)25(3)30(27)36-31/h7-23H2,1-6H3. The Morgan fingerprint density at radius 1 is 0.895 bits per heavy atom. The summed E-state index contributed by atoms with van der Waals surface area (Å²) in [6, 6.07) is 0. The Labute approximate surface area is 237 Å². The number of fused-ring (bicyclic) bond motifs is 1. The van der Waals surface area contributed by atoms with Crippen LogP contribution in [0.1, 0.15) is 126 Å². The van der Waals surface area contributed by atoms with Gasteiger partial charge in [-0.25, -0.2) is 0 Å². The van der Waals surface area contributed by atoms with E-state index in [0.29, 0.717) is 18.6 Å². The number of rotatable bonds is 19. The van der Waals surface area contributed by atoms with Crippen LogP contribution in [-0.2, 0) is 20.5 Å². The molecule has 0 radical (unpaired) electrons. The van der Waals surface area contributed by atoms with Gasteiger partial charge < -0.3 is 14.0 Å². The highest BCUT2D eigenvalue weighted by molar-refractivity contribution is 7.85. The smallest absolute Gasteiger partial charge is 0.333 e. The number of unbranched alkanes of at least 4 members (excludes halogenated alkanes) is 10. The fraction of sp³-hybridized carbons (Fsp3) is 0.774. The number of benzene rings is 1. The molecule has 0 N–H and O–H groups in total. The number of ketones is 1. The van der Waals surface area contributed by atoms with Crippen molar-refractivity contribution in [2.24, 2.45) is 0 Å². The molecule has 218 valence electrons. The van der Waals surface area contributed by atoms with Gasteiger partial charge in [0.15, 0.2) is 11.4 Å². The Hall–Kier alpha value is -1.03. The molecule has 7 heteroatoms. The number of Topliss-reactive ketones (excluding diaryl/α,β-unsaturated/α-hetero) is 1. The normalized spacial score (nSPS) is 18.5. The topological polar surface area (TPSA) is 61.8 Å². The van der Waals surface area contributed by atoms with E-state index in [-0.39, 0.29) is 5.78 Å². The maximum absolute atomic E-state index is 13.2. The Morgan fingerprint density at radius 2 is 1.45 bits per heavy atom. The van der Waals surface area contributed by atoms with Gasteiger partial charge in [0.2, 0.25) is 0 Å². The average molecular weight is 571 g/mol. The van der Waals surface area contributed by atoms with E-state index >= 15 is 0 Å². The lowest BCUT2D eigenvalue weighted by Crippen LogP contribution is -2.44. The molecular weight excluding hydrogens is 519 g/mol. The molecule has 0 amide bonds. The van der Waals surface area contributed by atoms with Crippen molar-refractivity contribution in [1.82, 2.24) is 0 Å². The monoisotopic (exact) mass is 570 g/mol. The second kappa shape index (κ2) is 16.3. The van der Waals surface area contributed by atoms with Gasteiger partial charge in [0.1, 0.15) is 11.5 Å². The van der Waals surface area contributed by atoms with E-state index in [0.717, 1.165) is 73.3 Å². The molecule has 0 saturated heterocycles. The summed E-state index contributed by atoms with van der Waals surface area (Å²) in [6.45, 7) is 9.99. The quantitative estimate of drug-likeness (QED) is 0.122. The summed E-state index contributed by atoms with van der Waals surface area (Å²) >= 11 is 5.92. The highest BCUT2D eigenvalue weighted by Crippen LogP contribution is 2.52. The molecule has 2 rings (SSSR count). The van der Waals surface area contributed by atoms with Crippen LogP contribution < -0.4 is 9.26 Å². The van der Waals surface area contributed by atoms with Crippen LogP contribution in [0.15, 0.2) is 0 Å². The molecular formula is C31H52ClO5P. The lowest BCUT2D eigenvalue weighted by Gasteiger charge is -2.37. The second-order valence-electron chi connectivity index (χ2n) is 11.4. The number of carbonyl (C=O) groups is 1. The van der Waals surface area contributed by atoms with Gasteiger partial charge >= 0.3 is 6.72 Å². The molecule has 2 atom stereocenters. The maximum Gasteiger partial charge on any atom is 0.333 e. The summed E-state index contributed by atoms with van der Waals surface area (Å²) in [6.07, 6.45) is 16.4. The van der Waals surface area contributed by atoms with Gasteiger partial charge in [-0.1, -0.05) is 64.7 Å². The zero-order valence-corrected chi connectivity index (χ0v) is 26.5. The molecule has 1 aliphatic heterocycles. The first kappa shape index (κ1) is 33.2. The highest BCUT2D eigenvalue weighted by Gasteiger charge is 2.40. The van der Waals surface area contributed by atoms with E-state index in [4.69, 9.17) is 25.2 Å². The van der Waals surface area contributed by atoms with Crippen molar-refractivity contribution >= 4 is 23.7 Å². The Balaban J connectivity index is 1.68. The molecule has 0 bridgehead atoms. The van der Waals surface area contributed by atoms with Crippen molar-refractivity contribution < 1.29 is 23.4 Å². The third-order valence-corrected chi connectivity index (χ3v) is 8.64. The van der Waals surface area contributed by atoms with Crippen molar-refractivity contribution in [3.8, 4) is 11.5 Å². The van der Waals surface area contributed by atoms with Crippen molar-refractivity contribution in [3.63, 3.8) is 0 Å². The molecule has 0 saturated carbocycles. The van der Waals surface area contributed by atoms with Crippen LogP contribution >= 0.6 is 18.0 Å². The number of halogens is 1. The van der Waals surface area contributed by atoms with Crippen molar-refractivity contribution in [2.45, 2.75) is 137 Å². The third kappa shape index (κ3) is 10.5. The van der Waals surface area contributed by atoms with Gasteiger partial charge in [-0.05, 0) is 87.7 Å². The molecule has 2 unspecified atom stereocenters. The van der Waals surface area contributed by atoms with Gasteiger partial charge in [-0.2, -0.15) is 0 Å². The fourth-order valence-electron chi connectivity index (χ4n) is 5.28. The predicted molar refractivity (Wildman–Crippen MR) is 160 cm³/mol. The number of hydrogen-bond acceptors (Lipinski definition) is 5. The highest BCUT2D eigenvalue weighted by atomic mass is 35.7. The minimum absolute atomic E-state index is 0.181. The van der Waals surface area contributed by atoms with E-state index < -0.39 is 12.3 Å². The fourth-order valence-corrected chi connectivity index (χ4v) is 6.09. The predicted octanol–water partition coefficient (Wildman–Crippen LogP) is 9.81. The van der Waals surface area contributed by atoms with Gasteiger partial charge in [0, 0.05) is 31.9 Å². The van der Waals surface area contributed by atoms with Crippen LogP contribution in [0.5, 0.6) is 11.5 Å². The Morgan fingerprint density at radius 3 is 2.03 bits per heavy atom. The summed E-state index contributed by atoms with van der Waals surface area (Å²) in [5.74, 6) is 1.53. The minimum Gasteiger partial charge on any atom is -0.479 e. The van der Waals surface area contributed by atoms with Crippen LogP contribution in [0.2, 0.25) is 0 Å². The van der Waals surface area contributed by atoms with E-state index in [1.807, 2.05) is 27.7 Å². The van der Waals surface area contributed by atoms with Crippen LogP contribution in [0, 0.1) is 20.8 Å². The molecule has 0 spiro atoms. The average Bonchev–Trinajstić information content (AvgIpc) is 2.86. The first-order valence-corrected chi connectivity index (χ1v) is 17.9. The minimum atomic E-state index is -3.20. The lowest BCUT2D eigenvalue weighted by atomic mass is 9.84. The number of hydrogen-bond donors (Lipinski definition) is 0. The van der Waals surface area contributed by atoms with Crippen molar-refractivity contribution in [3.05, 3.63) is 22.3 Å². The molecule has 0 aliphatic carbocycles. The van der Waals surface area contributed by atoms with Gasteiger partial charge in [-0.15, -0.1) is 0 Å². The van der Waals surface area contributed by atoms with E-state index in [9.17, 15) is 9.36 Å². The number of carbonyl (C=O) groups excluding carboxylic acids is 1. The van der Waals surface area contributed by atoms with Crippen LogP contribution in [0.4, 0.5) is 0 Å². The summed E-state index contributed by atoms with van der Waals surface area (Å²) in [5.41, 5.74) is 2.88. The summed E-state index contributed by atoms with van der Waals surface area (Å²) in [5, 5.41) is 0. The van der Waals surface area contributed by atoms with Gasteiger partial charge in [0.05, 0.1) is 0 Å². The largest absolute Gasteiger partial charge is 0.479 e. The molecule has 1 aromatic rings. The lowest BCUT2D eigenvalue weighted by molar-refractivity contribution is -0.134. The molecule has 38 heavy (non-hydrogen) atoms. The summed E-state index contributed by atoms with van der Waals surface area (Å²) < 4.78 is 29.9. The Kier molecular flexibility index (Phi) is 14.2.